The van der Waals surface area contributed by atoms with Crippen LogP contribution < -0.4 is 11.1 Å². The highest BCUT2D eigenvalue weighted by molar-refractivity contribution is 5.76. The number of hydrogen-bond donors (Lipinski definition) is 2. The quantitative estimate of drug-likeness (QED) is 0.733. The van der Waals surface area contributed by atoms with Crippen molar-refractivity contribution in [1.82, 2.24) is 5.32 Å². The van der Waals surface area contributed by atoms with Crippen LogP contribution in [-0.2, 0) is 9.53 Å². The molecule has 4 nitrogen and oxygen atoms in total. The summed E-state index contributed by atoms with van der Waals surface area (Å²) in [6.07, 6.45) is 1.30. The molecule has 1 amide bonds. The second-order valence-corrected chi connectivity index (χ2v) is 6.86. The maximum absolute atomic E-state index is 11.8. The number of nitrogens with one attached hydrogen (secondary N) is 1. The maximum atomic E-state index is 11.8. The van der Waals surface area contributed by atoms with Gasteiger partial charge in [-0.05, 0) is 17.3 Å². The Labute approximate surface area is 112 Å². The number of carbonyl (C=O) groups excluding carboxylic acids is 1. The van der Waals surface area contributed by atoms with E-state index in [9.17, 15) is 4.79 Å². The monoisotopic (exact) mass is 258 g/mol. The highest BCUT2D eigenvalue weighted by atomic mass is 16.5. The van der Waals surface area contributed by atoms with E-state index in [-0.39, 0.29) is 22.8 Å². The zero-order chi connectivity index (χ0) is 14.4. The molecule has 0 rings (SSSR count). The molecule has 0 aromatic heterocycles. The Bertz CT molecular complexity index is 257. The lowest BCUT2D eigenvalue weighted by molar-refractivity contribution is -0.122. The minimum atomic E-state index is -0.111. The van der Waals surface area contributed by atoms with Gasteiger partial charge in [0.15, 0.2) is 0 Å². The molecule has 0 aliphatic carbocycles. The number of nitrogens with two attached hydrogens (primary N) is 1. The molecule has 0 aromatic carbocycles. The molecule has 0 saturated heterocycles. The molecule has 3 N–H and O–H groups in total. The zero-order valence-corrected chi connectivity index (χ0v) is 12.8. The van der Waals surface area contributed by atoms with Gasteiger partial charge in [-0.2, -0.15) is 0 Å². The molecular formula is C14H30N2O2. The Hall–Kier alpha value is -0.610. The fourth-order valence-electron chi connectivity index (χ4n) is 1.38. The van der Waals surface area contributed by atoms with Gasteiger partial charge in [0, 0.05) is 32.7 Å². The highest BCUT2D eigenvalue weighted by Gasteiger charge is 2.24. The van der Waals surface area contributed by atoms with Gasteiger partial charge in [0.05, 0.1) is 0 Å². The van der Waals surface area contributed by atoms with E-state index in [2.05, 4.69) is 19.2 Å². The van der Waals surface area contributed by atoms with E-state index in [1.165, 1.54) is 0 Å². The average molecular weight is 258 g/mol. The Balaban J connectivity index is 4.03. The summed E-state index contributed by atoms with van der Waals surface area (Å²) in [7, 11) is 1.69. The first-order valence-corrected chi connectivity index (χ1v) is 6.60. The second-order valence-electron chi connectivity index (χ2n) is 6.86. The number of hydrogen-bond acceptors (Lipinski definition) is 3. The molecule has 0 heterocycles. The Morgan fingerprint density at radius 1 is 1.28 bits per heavy atom. The first kappa shape index (κ1) is 17.4. The number of rotatable bonds is 7. The van der Waals surface area contributed by atoms with Crippen LogP contribution in [0.3, 0.4) is 0 Å². The third-order valence-electron chi connectivity index (χ3n) is 3.26. The lowest BCUT2D eigenvalue weighted by Gasteiger charge is -2.28. The summed E-state index contributed by atoms with van der Waals surface area (Å²) >= 11 is 0. The second kappa shape index (κ2) is 7.10. The fraction of sp³-hybridized carbons (Fsp3) is 0.929. The molecule has 0 aliphatic heterocycles. The van der Waals surface area contributed by atoms with Gasteiger partial charge in [-0.25, -0.2) is 0 Å². The molecule has 0 radical (unpaired) electrons. The molecule has 0 saturated carbocycles. The van der Waals surface area contributed by atoms with Gasteiger partial charge in [-0.15, -0.1) is 0 Å². The molecule has 0 aromatic rings. The first-order chi connectivity index (χ1) is 8.08. The van der Waals surface area contributed by atoms with Gasteiger partial charge >= 0.3 is 0 Å². The average Bonchev–Trinajstić information content (AvgIpc) is 2.22. The number of methoxy groups -OCH3 is 1. The molecule has 18 heavy (non-hydrogen) atoms. The lowest BCUT2D eigenvalue weighted by atomic mass is 9.85. The van der Waals surface area contributed by atoms with Crippen molar-refractivity contribution in [3.63, 3.8) is 0 Å². The van der Waals surface area contributed by atoms with Gasteiger partial charge in [0.25, 0.3) is 0 Å². The SMILES string of the molecule is COCCC(C)(C)CNC(=O)CC(N)C(C)(C)C. The minimum Gasteiger partial charge on any atom is -0.385 e. The largest absolute Gasteiger partial charge is 0.385 e. The van der Waals surface area contributed by atoms with Gasteiger partial charge in [0.2, 0.25) is 5.91 Å². The summed E-state index contributed by atoms with van der Waals surface area (Å²) in [4.78, 5) is 11.8. The summed E-state index contributed by atoms with van der Waals surface area (Å²) in [6.45, 7) is 11.8. The molecule has 4 heteroatoms. The van der Waals surface area contributed by atoms with E-state index in [0.717, 1.165) is 6.42 Å². The number of carbonyl (C=O) groups is 1. The Morgan fingerprint density at radius 3 is 2.28 bits per heavy atom. The van der Waals surface area contributed by atoms with Crippen molar-refractivity contribution in [2.75, 3.05) is 20.3 Å². The van der Waals surface area contributed by atoms with Crippen LogP contribution >= 0.6 is 0 Å². The van der Waals surface area contributed by atoms with E-state index in [1.807, 2.05) is 20.8 Å². The first-order valence-electron chi connectivity index (χ1n) is 6.60. The van der Waals surface area contributed by atoms with Crippen LogP contribution in [-0.4, -0.2) is 32.2 Å². The van der Waals surface area contributed by atoms with Crippen molar-refractivity contribution in [3.8, 4) is 0 Å². The topological polar surface area (TPSA) is 64.3 Å². The van der Waals surface area contributed by atoms with Crippen molar-refractivity contribution in [3.05, 3.63) is 0 Å². The smallest absolute Gasteiger partial charge is 0.221 e. The lowest BCUT2D eigenvalue weighted by Crippen LogP contribution is -2.42. The maximum Gasteiger partial charge on any atom is 0.221 e. The fourth-order valence-corrected chi connectivity index (χ4v) is 1.38. The summed E-state index contributed by atoms with van der Waals surface area (Å²) < 4.78 is 5.06. The standard InChI is InChI=1S/C14H30N2O2/c1-13(2,3)11(15)9-12(17)16-10-14(4,5)7-8-18-6/h11H,7-10,15H2,1-6H3,(H,16,17). The highest BCUT2D eigenvalue weighted by Crippen LogP contribution is 2.21. The third kappa shape index (κ3) is 7.67. The molecular weight excluding hydrogens is 228 g/mol. The Kier molecular flexibility index (Phi) is 6.86. The van der Waals surface area contributed by atoms with Crippen LogP contribution in [0.2, 0.25) is 0 Å². The predicted molar refractivity (Wildman–Crippen MR) is 75.3 cm³/mol. The zero-order valence-electron chi connectivity index (χ0n) is 12.8. The van der Waals surface area contributed by atoms with Gasteiger partial charge in [-0.1, -0.05) is 34.6 Å². The van der Waals surface area contributed by atoms with Crippen molar-refractivity contribution >= 4 is 5.91 Å². The van der Waals surface area contributed by atoms with Crippen molar-refractivity contribution in [2.45, 2.75) is 53.5 Å². The molecule has 0 aliphatic rings. The van der Waals surface area contributed by atoms with E-state index >= 15 is 0 Å². The number of amides is 1. The predicted octanol–water partition coefficient (Wildman–Crippen LogP) is 1.93. The van der Waals surface area contributed by atoms with Crippen molar-refractivity contribution < 1.29 is 9.53 Å². The summed E-state index contributed by atoms with van der Waals surface area (Å²) in [5, 5.41) is 2.96. The summed E-state index contributed by atoms with van der Waals surface area (Å²) in [5.74, 6) is 0.0305. The minimum absolute atomic E-state index is 0.0305. The van der Waals surface area contributed by atoms with Crippen molar-refractivity contribution in [2.24, 2.45) is 16.6 Å². The van der Waals surface area contributed by atoms with E-state index < -0.39 is 0 Å². The molecule has 1 atom stereocenters. The van der Waals surface area contributed by atoms with Crippen LogP contribution in [0.4, 0.5) is 0 Å². The molecule has 0 bridgehead atoms. The molecule has 0 spiro atoms. The van der Waals surface area contributed by atoms with Gasteiger partial charge in [-0.3, -0.25) is 4.79 Å². The van der Waals surface area contributed by atoms with Crippen LogP contribution in [0.25, 0.3) is 0 Å². The van der Waals surface area contributed by atoms with Crippen LogP contribution in [0.15, 0.2) is 0 Å². The Morgan fingerprint density at radius 2 is 1.83 bits per heavy atom. The number of ether oxygens (including phenoxy) is 1. The van der Waals surface area contributed by atoms with E-state index in [0.29, 0.717) is 19.6 Å². The van der Waals surface area contributed by atoms with Crippen LogP contribution in [0, 0.1) is 10.8 Å². The van der Waals surface area contributed by atoms with Gasteiger partial charge < -0.3 is 15.8 Å². The normalized spacial score (nSPS) is 14.4. The van der Waals surface area contributed by atoms with E-state index in [1.54, 1.807) is 7.11 Å². The van der Waals surface area contributed by atoms with Gasteiger partial charge in [0.1, 0.15) is 0 Å². The molecule has 0 fully saturated rings. The summed E-state index contributed by atoms with van der Waals surface area (Å²) in [5.41, 5.74) is 6.00. The molecule has 108 valence electrons. The third-order valence-corrected chi connectivity index (χ3v) is 3.26. The van der Waals surface area contributed by atoms with Crippen molar-refractivity contribution in [1.29, 1.82) is 0 Å². The van der Waals surface area contributed by atoms with E-state index in [4.69, 9.17) is 10.5 Å². The summed E-state index contributed by atoms with van der Waals surface area (Å²) in [6, 6.07) is -0.111. The van der Waals surface area contributed by atoms with Crippen LogP contribution in [0.1, 0.15) is 47.5 Å². The van der Waals surface area contributed by atoms with Crippen LogP contribution in [0.5, 0.6) is 0 Å². The molecule has 1 unspecified atom stereocenters.